The number of amides is 1. The summed E-state index contributed by atoms with van der Waals surface area (Å²) < 4.78 is 6.00. The Morgan fingerprint density at radius 3 is 2.68 bits per heavy atom. The number of ether oxygens (including phenoxy) is 1. The van der Waals surface area contributed by atoms with Gasteiger partial charge in [0.05, 0.1) is 16.0 Å². The fraction of sp³-hybridized carbons (Fsp3) is 0.150. The average molecular weight is 478 g/mol. The summed E-state index contributed by atoms with van der Waals surface area (Å²) in [4.78, 5) is 27.4. The van der Waals surface area contributed by atoms with Crippen LogP contribution in [-0.2, 0) is 14.3 Å². The Labute approximate surface area is 180 Å². The summed E-state index contributed by atoms with van der Waals surface area (Å²) in [6.45, 7) is 1.92. The summed E-state index contributed by atoms with van der Waals surface area (Å²) in [5.74, 6) is -0.782. The summed E-state index contributed by atoms with van der Waals surface area (Å²) in [5.41, 5.74) is 1.35. The zero-order valence-electron chi connectivity index (χ0n) is 14.8. The quantitative estimate of drug-likeness (QED) is 0.383. The van der Waals surface area contributed by atoms with Gasteiger partial charge in [-0.05, 0) is 52.2 Å². The molecule has 2 aromatic carbocycles. The molecule has 3 rings (SSSR count). The number of nitrogens with zero attached hydrogens (tertiary/aromatic N) is 1. The van der Waals surface area contributed by atoms with Crippen molar-refractivity contribution in [3.05, 3.63) is 69.0 Å². The van der Waals surface area contributed by atoms with Crippen molar-refractivity contribution < 1.29 is 19.4 Å². The normalized spacial score (nSPS) is 16.5. The fourth-order valence-electron chi connectivity index (χ4n) is 2.71. The van der Waals surface area contributed by atoms with Crippen LogP contribution in [0.25, 0.3) is 6.08 Å². The molecule has 1 unspecified atom stereocenters. The molecule has 5 nitrogen and oxygen atoms in total. The van der Waals surface area contributed by atoms with Crippen molar-refractivity contribution in [3.8, 4) is 5.75 Å². The van der Waals surface area contributed by atoms with E-state index in [9.17, 15) is 14.7 Å². The molecule has 8 heteroatoms. The van der Waals surface area contributed by atoms with Gasteiger partial charge in [0.15, 0.2) is 6.04 Å². The number of benzene rings is 2. The maximum atomic E-state index is 13.1. The summed E-state index contributed by atoms with van der Waals surface area (Å²) in [7, 11) is 0. The van der Waals surface area contributed by atoms with E-state index in [-0.39, 0.29) is 22.6 Å². The predicted octanol–water partition coefficient (Wildman–Crippen LogP) is 4.66. The van der Waals surface area contributed by atoms with E-state index in [0.29, 0.717) is 14.9 Å². The lowest BCUT2D eigenvalue weighted by Crippen LogP contribution is -2.38. The van der Waals surface area contributed by atoms with Gasteiger partial charge < -0.3 is 9.84 Å². The first-order valence-corrected chi connectivity index (χ1v) is 10.4. The van der Waals surface area contributed by atoms with E-state index in [1.807, 2.05) is 6.07 Å². The van der Waals surface area contributed by atoms with Crippen LogP contribution in [0.2, 0.25) is 0 Å². The predicted molar refractivity (Wildman–Crippen MR) is 117 cm³/mol. The zero-order valence-corrected chi connectivity index (χ0v) is 18.0. The number of phenolic OH excluding ortho intramolecular Hbond substituents is 1. The molecule has 0 radical (unpaired) electrons. The molecule has 1 aliphatic rings. The van der Waals surface area contributed by atoms with E-state index in [4.69, 9.17) is 17.0 Å². The molecule has 1 heterocycles. The molecule has 144 valence electrons. The Morgan fingerprint density at radius 1 is 1.32 bits per heavy atom. The van der Waals surface area contributed by atoms with Crippen LogP contribution in [-0.4, -0.2) is 32.8 Å². The van der Waals surface area contributed by atoms with Crippen molar-refractivity contribution in [1.82, 2.24) is 4.90 Å². The number of hydrogen-bond acceptors (Lipinski definition) is 6. The van der Waals surface area contributed by atoms with Gasteiger partial charge in [0.25, 0.3) is 5.91 Å². The standard InChI is InChI=1S/C20H16BrNO4S2/c1-2-26-19(25)17(13-6-4-3-5-7-13)22-18(24)16(28-20(22)27)11-12-8-9-15(23)14(21)10-12/h3-11,17,23H,2H2,1H3/b16-11+. The number of thiocarbonyl (C=S) groups is 1. The molecule has 1 N–H and O–H groups in total. The highest BCUT2D eigenvalue weighted by atomic mass is 79.9. The third-order valence-electron chi connectivity index (χ3n) is 3.98. The van der Waals surface area contributed by atoms with Gasteiger partial charge in [-0.2, -0.15) is 0 Å². The third kappa shape index (κ3) is 4.29. The van der Waals surface area contributed by atoms with E-state index >= 15 is 0 Å². The molecule has 28 heavy (non-hydrogen) atoms. The Kier molecular flexibility index (Phi) is 6.53. The van der Waals surface area contributed by atoms with Crippen LogP contribution in [0, 0.1) is 0 Å². The van der Waals surface area contributed by atoms with E-state index in [1.165, 1.54) is 11.0 Å². The van der Waals surface area contributed by atoms with Gasteiger partial charge >= 0.3 is 5.97 Å². The minimum absolute atomic E-state index is 0.108. The number of carbonyl (C=O) groups excluding carboxylic acids is 2. The fourth-order valence-corrected chi connectivity index (χ4v) is 4.42. The van der Waals surface area contributed by atoms with Crippen LogP contribution >= 0.6 is 39.9 Å². The number of rotatable bonds is 5. The molecular weight excluding hydrogens is 462 g/mol. The second-order valence-corrected chi connectivity index (χ2v) is 8.36. The molecule has 1 aliphatic heterocycles. The Hall–Kier alpha value is -2.16. The van der Waals surface area contributed by atoms with Crippen LogP contribution in [0.5, 0.6) is 5.75 Å². The number of carbonyl (C=O) groups is 2. The number of esters is 1. The molecule has 1 amide bonds. The van der Waals surface area contributed by atoms with Gasteiger partial charge in [0.1, 0.15) is 10.1 Å². The van der Waals surface area contributed by atoms with E-state index in [0.717, 1.165) is 17.3 Å². The van der Waals surface area contributed by atoms with Crippen LogP contribution in [0.4, 0.5) is 0 Å². The van der Waals surface area contributed by atoms with Crippen molar-refractivity contribution in [3.63, 3.8) is 0 Å². The highest BCUT2D eigenvalue weighted by Gasteiger charge is 2.42. The molecule has 0 aliphatic carbocycles. The lowest BCUT2D eigenvalue weighted by Gasteiger charge is -2.25. The highest BCUT2D eigenvalue weighted by molar-refractivity contribution is 9.10. The number of hydrogen-bond donors (Lipinski definition) is 1. The maximum Gasteiger partial charge on any atom is 0.333 e. The maximum absolute atomic E-state index is 13.1. The highest BCUT2D eigenvalue weighted by Crippen LogP contribution is 2.39. The van der Waals surface area contributed by atoms with E-state index < -0.39 is 12.0 Å². The first-order chi connectivity index (χ1) is 13.4. The van der Waals surface area contributed by atoms with E-state index in [2.05, 4.69) is 15.9 Å². The number of thioether (sulfide) groups is 1. The first kappa shape index (κ1) is 20.6. The molecule has 0 aromatic heterocycles. The SMILES string of the molecule is CCOC(=O)C(c1ccccc1)N1C(=O)/C(=C\c2ccc(O)c(Br)c2)SC1=S. The van der Waals surface area contributed by atoms with Crippen molar-refractivity contribution in [2.24, 2.45) is 0 Å². The van der Waals surface area contributed by atoms with Crippen molar-refractivity contribution in [2.75, 3.05) is 6.61 Å². The molecular formula is C20H16BrNO4S2. The molecule has 0 spiro atoms. The number of halogens is 1. The van der Waals surface area contributed by atoms with Gasteiger partial charge in [-0.15, -0.1) is 0 Å². The lowest BCUT2D eigenvalue weighted by atomic mass is 10.1. The minimum Gasteiger partial charge on any atom is -0.507 e. The van der Waals surface area contributed by atoms with Gasteiger partial charge in [-0.1, -0.05) is 60.4 Å². The van der Waals surface area contributed by atoms with Crippen LogP contribution < -0.4 is 0 Å². The van der Waals surface area contributed by atoms with Crippen LogP contribution in [0.15, 0.2) is 57.9 Å². The molecule has 0 bridgehead atoms. The first-order valence-electron chi connectivity index (χ1n) is 8.39. The van der Waals surface area contributed by atoms with Crippen molar-refractivity contribution >= 4 is 62.2 Å². The molecule has 1 atom stereocenters. The summed E-state index contributed by atoms with van der Waals surface area (Å²) in [6.07, 6.45) is 1.68. The second kappa shape index (κ2) is 8.89. The molecule has 1 saturated heterocycles. The summed E-state index contributed by atoms with van der Waals surface area (Å²) in [5, 5.41) is 9.63. The van der Waals surface area contributed by atoms with Gasteiger partial charge in [-0.25, -0.2) is 4.79 Å². The average Bonchev–Trinajstić information content (AvgIpc) is 2.94. The Bertz CT molecular complexity index is 962. The minimum atomic E-state index is -0.939. The Morgan fingerprint density at radius 2 is 2.04 bits per heavy atom. The van der Waals surface area contributed by atoms with E-state index in [1.54, 1.807) is 49.4 Å². The third-order valence-corrected chi connectivity index (χ3v) is 5.94. The van der Waals surface area contributed by atoms with Crippen molar-refractivity contribution in [1.29, 1.82) is 0 Å². The van der Waals surface area contributed by atoms with Gasteiger partial charge in [0, 0.05) is 0 Å². The van der Waals surface area contributed by atoms with Crippen molar-refractivity contribution in [2.45, 2.75) is 13.0 Å². The monoisotopic (exact) mass is 477 g/mol. The van der Waals surface area contributed by atoms with Gasteiger partial charge in [-0.3, -0.25) is 9.69 Å². The smallest absolute Gasteiger partial charge is 0.333 e. The van der Waals surface area contributed by atoms with Gasteiger partial charge in [0.2, 0.25) is 0 Å². The molecule has 1 fully saturated rings. The summed E-state index contributed by atoms with van der Waals surface area (Å²) >= 11 is 9.79. The lowest BCUT2D eigenvalue weighted by molar-refractivity contribution is -0.151. The topological polar surface area (TPSA) is 66.8 Å². The van der Waals surface area contributed by atoms with Crippen LogP contribution in [0.3, 0.4) is 0 Å². The largest absolute Gasteiger partial charge is 0.507 e. The number of aromatic hydroxyl groups is 1. The molecule has 0 saturated carbocycles. The molecule has 2 aromatic rings. The zero-order chi connectivity index (χ0) is 20.3. The second-order valence-electron chi connectivity index (χ2n) is 5.83. The summed E-state index contributed by atoms with van der Waals surface area (Å²) in [6, 6.07) is 12.9. The Balaban J connectivity index is 1.97. The number of phenols is 1. The van der Waals surface area contributed by atoms with Crippen LogP contribution in [0.1, 0.15) is 24.1 Å².